The Morgan fingerprint density at radius 2 is 1.88 bits per heavy atom. The number of fused-ring (bicyclic) bond motifs is 1. The van der Waals surface area contributed by atoms with Gasteiger partial charge in [0, 0.05) is 39.7 Å². The summed E-state index contributed by atoms with van der Waals surface area (Å²) in [5.74, 6) is -1.42. The fraction of sp³-hybridized carbons (Fsp3) is 0.115. The summed E-state index contributed by atoms with van der Waals surface area (Å²) in [5.41, 5.74) is 3.45. The highest BCUT2D eigenvalue weighted by atomic mass is 35.5. The SMILES string of the molecule is CCOc1cc2occ(-c3ccc(Cl)cc3)c2cc1/C(C)=C/C(=O)Nc1cc(F)ccc1F. The number of anilines is 1. The molecule has 1 aromatic heterocycles. The normalized spacial score (nSPS) is 11.6. The van der Waals surface area contributed by atoms with Gasteiger partial charge >= 0.3 is 0 Å². The van der Waals surface area contributed by atoms with Gasteiger partial charge < -0.3 is 14.5 Å². The van der Waals surface area contributed by atoms with Gasteiger partial charge in [0.25, 0.3) is 0 Å². The molecule has 3 aromatic carbocycles. The van der Waals surface area contributed by atoms with E-state index in [1.165, 1.54) is 6.08 Å². The third-order valence-electron chi connectivity index (χ3n) is 5.09. The summed E-state index contributed by atoms with van der Waals surface area (Å²) in [6, 6.07) is 13.9. The zero-order chi connectivity index (χ0) is 23.5. The van der Waals surface area contributed by atoms with Crippen LogP contribution in [0.3, 0.4) is 0 Å². The van der Waals surface area contributed by atoms with Crippen molar-refractivity contribution in [1.29, 1.82) is 0 Å². The lowest BCUT2D eigenvalue weighted by Crippen LogP contribution is -2.10. The van der Waals surface area contributed by atoms with E-state index in [0.29, 0.717) is 34.1 Å². The molecule has 0 radical (unpaired) electrons. The van der Waals surface area contributed by atoms with Crippen LogP contribution in [0.4, 0.5) is 14.5 Å². The van der Waals surface area contributed by atoms with Crippen LogP contribution < -0.4 is 10.1 Å². The average Bonchev–Trinajstić information content (AvgIpc) is 3.19. The number of hydrogen-bond acceptors (Lipinski definition) is 3. The molecule has 1 N–H and O–H groups in total. The summed E-state index contributed by atoms with van der Waals surface area (Å²) in [7, 11) is 0. The molecule has 0 unspecified atom stereocenters. The molecule has 4 aromatic rings. The van der Waals surface area contributed by atoms with Crippen LogP contribution in [-0.2, 0) is 4.79 Å². The highest BCUT2D eigenvalue weighted by Gasteiger charge is 2.16. The number of rotatable bonds is 6. The van der Waals surface area contributed by atoms with Crippen LogP contribution in [0.1, 0.15) is 19.4 Å². The number of carbonyl (C=O) groups excluding carboxylic acids is 1. The molecular weight excluding hydrogens is 448 g/mol. The van der Waals surface area contributed by atoms with Crippen molar-refractivity contribution in [1.82, 2.24) is 0 Å². The van der Waals surface area contributed by atoms with E-state index in [1.54, 1.807) is 31.4 Å². The van der Waals surface area contributed by atoms with Gasteiger partial charge in [-0.2, -0.15) is 0 Å². The number of nitrogens with one attached hydrogen (secondary N) is 1. The minimum atomic E-state index is -0.724. The van der Waals surface area contributed by atoms with Crippen molar-refractivity contribution < 1.29 is 22.7 Å². The van der Waals surface area contributed by atoms with Gasteiger partial charge in [-0.15, -0.1) is 0 Å². The maximum atomic E-state index is 13.9. The minimum Gasteiger partial charge on any atom is -0.493 e. The van der Waals surface area contributed by atoms with E-state index in [2.05, 4.69) is 5.32 Å². The van der Waals surface area contributed by atoms with E-state index >= 15 is 0 Å². The Balaban J connectivity index is 1.73. The summed E-state index contributed by atoms with van der Waals surface area (Å²) in [6.45, 7) is 4.01. The molecule has 7 heteroatoms. The van der Waals surface area contributed by atoms with Gasteiger partial charge in [-0.25, -0.2) is 8.78 Å². The quantitative estimate of drug-likeness (QED) is 0.299. The Morgan fingerprint density at radius 3 is 2.61 bits per heavy atom. The Hall–Kier alpha value is -3.64. The van der Waals surface area contributed by atoms with E-state index in [1.807, 2.05) is 25.1 Å². The van der Waals surface area contributed by atoms with Crippen molar-refractivity contribution in [3.05, 3.63) is 89.2 Å². The van der Waals surface area contributed by atoms with Crippen molar-refractivity contribution in [2.75, 3.05) is 11.9 Å². The Bertz CT molecular complexity index is 1360. The summed E-state index contributed by atoms with van der Waals surface area (Å²) < 4.78 is 38.8. The zero-order valence-corrected chi connectivity index (χ0v) is 18.7. The Labute approximate surface area is 194 Å². The molecule has 0 atom stereocenters. The first kappa shape index (κ1) is 22.6. The van der Waals surface area contributed by atoms with Gasteiger partial charge in [-0.1, -0.05) is 23.7 Å². The van der Waals surface area contributed by atoms with Crippen molar-refractivity contribution in [2.45, 2.75) is 13.8 Å². The molecule has 0 saturated heterocycles. The first-order chi connectivity index (χ1) is 15.9. The first-order valence-corrected chi connectivity index (χ1v) is 10.6. The van der Waals surface area contributed by atoms with Crippen LogP contribution in [0, 0.1) is 11.6 Å². The van der Waals surface area contributed by atoms with Gasteiger partial charge in [-0.05, 0) is 55.3 Å². The molecule has 0 bridgehead atoms. The molecule has 4 rings (SSSR count). The molecule has 1 heterocycles. The maximum Gasteiger partial charge on any atom is 0.248 e. The van der Waals surface area contributed by atoms with Crippen LogP contribution in [0.2, 0.25) is 5.02 Å². The van der Waals surface area contributed by atoms with Gasteiger partial charge in [0.2, 0.25) is 5.91 Å². The van der Waals surface area contributed by atoms with Crippen LogP contribution in [-0.4, -0.2) is 12.5 Å². The summed E-state index contributed by atoms with van der Waals surface area (Å²) >= 11 is 6.01. The van der Waals surface area contributed by atoms with E-state index in [9.17, 15) is 13.6 Å². The van der Waals surface area contributed by atoms with Crippen LogP contribution in [0.5, 0.6) is 5.75 Å². The number of hydrogen-bond donors (Lipinski definition) is 1. The molecule has 0 saturated carbocycles. The zero-order valence-electron chi connectivity index (χ0n) is 17.9. The standard InChI is InChI=1S/C26H20ClF2NO3/c1-3-32-24-13-25-20(21(14-33-25)16-4-6-17(27)7-5-16)12-19(24)15(2)10-26(31)30-23-11-18(28)8-9-22(23)29/h4-14H,3H2,1-2H3,(H,30,31)/b15-10+. The van der Waals surface area contributed by atoms with Gasteiger partial charge in [0.15, 0.2) is 0 Å². The van der Waals surface area contributed by atoms with Crippen molar-refractivity contribution in [3.8, 4) is 16.9 Å². The summed E-state index contributed by atoms with van der Waals surface area (Å²) in [5, 5.41) is 3.84. The number of furan rings is 1. The predicted octanol–water partition coefficient (Wildman–Crippen LogP) is 7.47. The minimum absolute atomic E-state index is 0.232. The molecule has 0 fully saturated rings. The smallest absolute Gasteiger partial charge is 0.248 e. The number of benzene rings is 3. The fourth-order valence-electron chi connectivity index (χ4n) is 3.53. The van der Waals surface area contributed by atoms with E-state index in [4.69, 9.17) is 20.8 Å². The van der Waals surface area contributed by atoms with Gasteiger partial charge in [0.1, 0.15) is 23.0 Å². The first-order valence-electron chi connectivity index (χ1n) is 10.2. The van der Waals surface area contributed by atoms with Crippen LogP contribution in [0.15, 0.2) is 71.4 Å². The molecule has 33 heavy (non-hydrogen) atoms. The third kappa shape index (κ3) is 4.91. The maximum absolute atomic E-state index is 13.9. The Kier molecular flexibility index (Phi) is 6.47. The van der Waals surface area contributed by atoms with E-state index in [0.717, 1.165) is 34.7 Å². The van der Waals surface area contributed by atoms with Crippen molar-refractivity contribution in [2.24, 2.45) is 0 Å². The van der Waals surface area contributed by atoms with E-state index in [-0.39, 0.29) is 5.69 Å². The third-order valence-corrected chi connectivity index (χ3v) is 5.34. The van der Waals surface area contributed by atoms with Gasteiger partial charge in [-0.3, -0.25) is 4.79 Å². The van der Waals surface area contributed by atoms with E-state index < -0.39 is 17.5 Å². The highest BCUT2D eigenvalue weighted by Crippen LogP contribution is 2.37. The lowest BCUT2D eigenvalue weighted by molar-refractivity contribution is -0.111. The molecule has 0 spiro atoms. The Morgan fingerprint density at radius 1 is 1.12 bits per heavy atom. The van der Waals surface area contributed by atoms with Gasteiger partial charge in [0.05, 0.1) is 18.6 Å². The largest absolute Gasteiger partial charge is 0.493 e. The fourth-order valence-corrected chi connectivity index (χ4v) is 3.65. The number of allylic oxidation sites excluding steroid dienone is 1. The van der Waals surface area contributed by atoms with Crippen molar-refractivity contribution >= 4 is 39.7 Å². The average molecular weight is 468 g/mol. The second-order valence-electron chi connectivity index (χ2n) is 7.37. The summed E-state index contributed by atoms with van der Waals surface area (Å²) in [6.07, 6.45) is 2.97. The molecule has 4 nitrogen and oxygen atoms in total. The number of amides is 1. The molecular formula is C26H20ClF2NO3. The molecule has 0 aliphatic heterocycles. The molecule has 1 amide bonds. The molecule has 0 aliphatic carbocycles. The lowest BCUT2D eigenvalue weighted by atomic mass is 9.99. The number of halogens is 3. The molecule has 0 aliphatic rings. The lowest BCUT2D eigenvalue weighted by Gasteiger charge is -2.12. The van der Waals surface area contributed by atoms with Crippen LogP contribution >= 0.6 is 11.6 Å². The second-order valence-corrected chi connectivity index (χ2v) is 7.81. The predicted molar refractivity (Wildman–Crippen MR) is 126 cm³/mol. The molecule has 168 valence electrons. The highest BCUT2D eigenvalue weighted by molar-refractivity contribution is 6.30. The van der Waals surface area contributed by atoms with Crippen molar-refractivity contribution in [3.63, 3.8) is 0 Å². The second kappa shape index (κ2) is 9.46. The summed E-state index contributed by atoms with van der Waals surface area (Å²) in [4.78, 5) is 12.5. The topological polar surface area (TPSA) is 51.5 Å². The number of ether oxygens (including phenoxy) is 1. The monoisotopic (exact) mass is 467 g/mol. The number of carbonyl (C=O) groups is 1. The van der Waals surface area contributed by atoms with Crippen LogP contribution in [0.25, 0.3) is 27.7 Å².